The molecule has 0 unspecified atom stereocenters. The second kappa shape index (κ2) is 9.28. The van der Waals surface area contributed by atoms with Crippen LogP contribution in [0.1, 0.15) is 39.9 Å². The van der Waals surface area contributed by atoms with Crippen LogP contribution in [0, 0.1) is 13.8 Å². The summed E-state index contributed by atoms with van der Waals surface area (Å²) in [6.07, 6.45) is 2.18. The Kier molecular flexibility index (Phi) is 6.79. The summed E-state index contributed by atoms with van der Waals surface area (Å²) in [7, 11) is 1.83. The zero-order valence-corrected chi connectivity index (χ0v) is 17.7. The van der Waals surface area contributed by atoms with Crippen LogP contribution in [0.4, 0.5) is 0 Å². The fraction of sp³-hybridized carbons (Fsp3) is 0.391. The van der Waals surface area contributed by atoms with Crippen molar-refractivity contribution in [1.29, 1.82) is 0 Å². The first-order chi connectivity index (χ1) is 13.5. The van der Waals surface area contributed by atoms with Crippen LogP contribution in [0.3, 0.4) is 0 Å². The first-order valence-corrected chi connectivity index (χ1v) is 10.8. The second-order valence-corrected chi connectivity index (χ2v) is 8.48. The van der Waals surface area contributed by atoms with Gasteiger partial charge in [-0.2, -0.15) is 0 Å². The number of aryl methyl sites for hydroxylation is 2. The monoisotopic (exact) mass is 396 g/mol. The zero-order valence-electron chi connectivity index (χ0n) is 16.9. The summed E-state index contributed by atoms with van der Waals surface area (Å²) in [6, 6.07) is 13.9. The number of amides is 2. The molecule has 0 aromatic heterocycles. The van der Waals surface area contributed by atoms with Gasteiger partial charge >= 0.3 is 0 Å². The van der Waals surface area contributed by atoms with E-state index in [2.05, 4.69) is 32.0 Å². The average Bonchev–Trinajstić information content (AvgIpc) is 3.23. The summed E-state index contributed by atoms with van der Waals surface area (Å²) >= 11 is 1.46. The molecule has 1 fully saturated rings. The van der Waals surface area contributed by atoms with E-state index in [0.29, 0.717) is 17.9 Å². The molecule has 0 N–H and O–H groups in total. The van der Waals surface area contributed by atoms with Gasteiger partial charge in [-0.15, -0.1) is 11.8 Å². The molecule has 5 heteroatoms. The Bertz CT molecular complexity index is 859. The quantitative estimate of drug-likeness (QED) is 0.684. The molecule has 2 amide bonds. The number of carbonyl (C=O) groups is 2. The minimum atomic E-state index is -0.0169. The minimum Gasteiger partial charge on any atom is -0.342 e. The summed E-state index contributed by atoms with van der Waals surface area (Å²) in [4.78, 5) is 30.0. The van der Waals surface area contributed by atoms with Crippen molar-refractivity contribution in [3.05, 3.63) is 64.7 Å². The van der Waals surface area contributed by atoms with E-state index in [-0.39, 0.29) is 11.8 Å². The van der Waals surface area contributed by atoms with Gasteiger partial charge in [0, 0.05) is 31.6 Å². The van der Waals surface area contributed by atoms with E-state index >= 15 is 0 Å². The van der Waals surface area contributed by atoms with Gasteiger partial charge in [-0.1, -0.05) is 35.9 Å². The summed E-state index contributed by atoms with van der Waals surface area (Å²) in [5, 5.41) is 0. The average molecular weight is 397 g/mol. The van der Waals surface area contributed by atoms with Gasteiger partial charge in [0.1, 0.15) is 0 Å². The van der Waals surface area contributed by atoms with Crippen LogP contribution in [0.2, 0.25) is 0 Å². The predicted octanol–water partition coefficient (Wildman–Crippen LogP) is 4.29. The Labute approximate surface area is 171 Å². The van der Waals surface area contributed by atoms with E-state index in [1.807, 2.05) is 36.2 Å². The number of thioether (sulfide) groups is 1. The van der Waals surface area contributed by atoms with E-state index in [1.165, 1.54) is 22.9 Å². The molecule has 1 heterocycles. The summed E-state index contributed by atoms with van der Waals surface area (Å²) in [5.74, 6) is 0.524. The molecule has 148 valence electrons. The number of carbonyl (C=O) groups excluding carboxylic acids is 2. The minimum absolute atomic E-state index is 0.0169. The highest BCUT2D eigenvalue weighted by Crippen LogP contribution is 2.25. The van der Waals surface area contributed by atoms with Crippen LogP contribution < -0.4 is 0 Å². The lowest BCUT2D eigenvalue weighted by molar-refractivity contribution is -0.127. The molecule has 2 aromatic carbocycles. The fourth-order valence-corrected chi connectivity index (χ4v) is 4.47. The van der Waals surface area contributed by atoms with E-state index in [0.717, 1.165) is 36.4 Å². The third-order valence-corrected chi connectivity index (χ3v) is 6.24. The van der Waals surface area contributed by atoms with Gasteiger partial charge in [-0.05, 0) is 49.9 Å². The van der Waals surface area contributed by atoms with Gasteiger partial charge in [0.15, 0.2) is 0 Å². The van der Waals surface area contributed by atoms with Crippen LogP contribution in [-0.2, 0) is 11.3 Å². The lowest BCUT2D eigenvalue weighted by Crippen LogP contribution is -2.29. The zero-order chi connectivity index (χ0) is 20.1. The third-order valence-electron chi connectivity index (χ3n) is 5.18. The Morgan fingerprint density at radius 1 is 1.07 bits per heavy atom. The predicted molar refractivity (Wildman–Crippen MR) is 115 cm³/mol. The molecular formula is C23H28N2O2S. The van der Waals surface area contributed by atoms with Crippen molar-refractivity contribution >= 4 is 23.6 Å². The number of nitrogens with zero attached hydrogens (tertiary/aromatic N) is 2. The molecule has 1 saturated heterocycles. The van der Waals surface area contributed by atoms with Crippen LogP contribution in [0.15, 0.2) is 47.4 Å². The molecule has 0 bridgehead atoms. The number of hydrogen-bond acceptors (Lipinski definition) is 3. The topological polar surface area (TPSA) is 40.6 Å². The normalized spacial score (nSPS) is 13.6. The molecule has 2 aromatic rings. The fourth-order valence-electron chi connectivity index (χ4n) is 3.52. The molecule has 3 rings (SSSR count). The van der Waals surface area contributed by atoms with Gasteiger partial charge in [0.2, 0.25) is 5.91 Å². The van der Waals surface area contributed by atoms with Crippen molar-refractivity contribution < 1.29 is 9.59 Å². The van der Waals surface area contributed by atoms with Crippen LogP contribution in [-0.4, -0.2) is 47.5 Å². The Morgan fingerprint density at radius 3 is 2.50 bits per heavy atom. The molecular weight excluding hydrogens is 368 g/mol. The summed E-state index contributed by atoms with van der Waals surface area (Å²) in [6.45, 7) is 6.44. The maximum absolute atomic E-state index is 13.1. The lowest BCUT2D eigenvalue weighted by atomic mass is 10.1. The summed E-state index contributed by atoms with van der Waals surface area (Å²) in [5.41, 5.74) is 4.22. The standard InChI is InChI=1S/C23H28N2O2S/c1-17-10-11-19(18(2)14-17)15-24(3)23(27)20-8-4-5-9-21(20)28-16-22(26)25-12-6-7-13-25/h4-5,8-11,14H,6-7,12-13,15-16H2,1-3H3. The Hall–Kier alpha value is -2.27. The van der Waals surface area contributed by atoms with Crippen molar-refractivity contribution in [3.63, 3.8) is 0 Å². The Morgan fingerprint density at radius 2 is 1.79 bits per heavy atom. The molecule has 0 radical (unpaired) electrons. The molecule has 1 aliphatic rings. The van der Waals surface area contributed by atoms with E-state index in [9.17, 15) is 9.59 Å². The number of hydrogen-bond donors (Lipinski definition) is 0. The van der Waals surface area contributed by atoms with Crippen molar-refractivity contribution in [2.45, 2.75) is 38.1 Å². The molecule has 1 aliphatic heterocycles. The van der Waals surface area contributed by atoms with Crippen molar-refractivity contribution in [2.75, 3.05) is 25.9 Å². The number of likely N-dealkylation sites (tertiary alicyclic amines) is 1. The summed E-state index contributed by atoms with van der Waals surface area (Å²) < 4.78 is 0. The van der Waals surface area contributed by atoms with Crippen LogP contribution >= 0.6 is 11.8 Å². The maximum atomic E-state index is 13.1. The molecule has 0 saturated carbocycles. The molecule has 0 atom stereocenters. The first kappa shape index (κ1) is 20.5. The second-order valence-electron chi connectivity index (χ2n) is 7.46. The van der Waals surface area contributed by atoms with Crippen molar-refractivity contribution in [2.24, 2.45) is 0 Å². The van der Waals surface area contributed by atoms with E-state index in [4.69, 9.17) is 0 Å². The van der Waals surface area contributed by atoms with Gasteiger partial charge in [0.25, 0.3) is 5.91 Å². The van der Waals surface area contributed by atoms with Crippen molar-refractivity contribution in [3.8, 4) is 0 Å². The lowest BCUT2D eigenvalue weighted by Gasteiger charge is -2.20. The molecule has 0 spiro atoms. The highest BCUT2D eigenvalue weighted by molar-refractivity contribution is 8.00. The van der Waals surface area contributed by atoms with Crippen LogP contribution in [0.25, 0.3) is 0 Å². The van der Waals surface area contributed by atoms with Crippen molar-refractivity contribution in [1.82, 2.24) is 9.80 Å². The highest BCUT2D eigenvalue weighted by Gasteiger charge is 2.20. The van der Waals surface area contributed by atoms with Gasteiger partial charge in [0.05, 0.1) is 11.3 Å². The Balaban J connectivity index is 1.68. The van der Waals surface area contributed by atoms with Gasteiger partial charge in [-0.25, -0.2) is 0 Å². The van der Waals surface area contributed by atoms with E-state index in [1.54, 1.807) is 4.90 Å². The molecule has 28 heavy (non-hydrogen) atoms. The first-order valence-electron chi connectivity index (χ1n) is 9.77. The van der Waals surface area contributed by atoms with Gasteiger partial charge in [-0.3, -0.25) is 9.59 Å². The third kappa shape index (κ3) is 4.96. The van der Waals surface area contributed by atoms with Gasteiger partial charge < -0.3 is 9.80 Å². The van der Waals surface area contributed by atoms with E-state index < -0.39 is 0 Å². The van der Waals surface area contributed by atoms with Crippen LogP contribution in [0.5, 0.6) is 0 Å². The highest BCUT2D eigenvalue weighted by atomic mass is 32.2. The molecule has 4 nitrogen and oxygen atoms in total. The smallest absolute Gasteiger partial charge is 0.255 e. The number of benzene rings is 2. The molecule has 0 aliphatic carbocycles. The number of rotatable bonds is 6. The maximum Gasteiger partial charge on any atom is 0.255 e. The SMILES string of the molecule is Cc1ccc(CN(C)C(=O)c2ccccc2SCC(=O)N2CCCC2)c(C)c1. The largest absolute Gasteiger partial charge is 0.342 e.